The number of urea groups is 1. The minimum absolute atomic E-state index is 0.0233. The Morgan fingerprint density at radius 2 is 2.23 bits per heavy atom. The molecule has 2 heterocycles. The van der Waals surface area contributed by atoms with Gasteiger partial charge in [-0.2, -0.15) is 0 Å². The highest BCUT2D eigenvalue weighted by Crippen LogP contribution is 2.10. The summed E-state index contributed by atoms with van der Waals surface area (Å²) in [5, 5.41) is 2.91. The molecule has 2 fully saturated rings. The summed E-state index contributed by atoms with van der Waals surface area (Å²) in [5.74, 6) is 1.38. The van der Waals surface area contributed by atoms with Gasteiger partial charge < -0.3 is 10.2 Å². The number of nitrogens with one attached hydrogen (secondary N) is 1. The molecule has 5 heteroatoms. The average molecular weight is 202 g/mol. The van der Waals surface area contributed by atoms with E-state index in [1.807, 2.05) is 0 Å². The Kier molecular flexibility index (Phi) is 2.53. The van der Waals surface area contributed by atoms with Gasteiger partial charge >= 0.3 is 6.03 Å². The lowest BCUT2D eigenvalue weighted by molar-refractivity contribution is 0.165. The van der Waals surface area contributed by atoms with Crippen molar-refractivity contribution >= 4 is 16.8 Å². The molecule has 0 spiro atoms. The molecule has 2 unspecified atom stereocenters. The van der Waals surface area contributed by atoms with Crippen LogP contribution in [0.3, 0.4) is 0 Å². The molecule has 0 saturated carbocycles. The van der Waals surface area contributed by atoms with Crippen molar-refractivity contribution in [1.82, 2.24) is 10.2 Å². The van der Waals surface area contributed by atoms with Crippen molar-refractivity contribution in [1.29, 1.82) is 0 Å². The predicted molar refractivity (Wildman–Crippen MR) is 51.0 cm³/mol. The minimum atomic E-state index is -0.700. The first-order chi connectivity index (χ1) is 6.25. The molecule has 0 aromatic rings. The number of hydrogen-bond acceptors (Lipinski definition) is 2. The maximum atomic E-state index is 11.4. The van der Waals surface area contributed by atoms with Gasteiger partial charge in [0.05, 0.1) is 0 Å². The van der Waals surface area contributed by atoms with Crippen molar-refractivity contribution in [2.24, 2.45) is 0 Å². The first-order valence-electron chi connectivity index (χ1n) is 4.66. The quantitative estimate of drug-likeness (QED) is 0.646. The molecular formula is C8H14N2O2S. The van der Waals surface area contributed by atoms with Crippen LogP contribution in [-0.4, -0.2) is 45.8 Å². The third-order valence-corrected chi connectivity index (χ3v) is 4.02. The van der Waals surface area contributed by atoms with Gasteiger partial charge in [0.25, 0.3) is 0 Å². The number of likely N-dealkylation sites (tertiary alicyclic amines) is 1. The Bertz CT molecular complexity index is 240. The van der Waals surface area contributed by atoms with Crippen LogP contribution in [0, 0.1) is 0 Å². The van der Waals surface area contributed by atoms with Crippen molar-refractivity contribution in [3.63, 3.8) is 0 Å². The normalized spacial score (nSPS) is 32.8. The topological polar surface area (TPSA) is 49.4 Å². The molecule has 0 aliphatic carbocycles. The van der Waals surface area contributed by atoms with E-state index in [4.69, 9.17) is 0 Å². The van der Waals surface area contributed by atoms with Crippen molar-refractivity contribution < 1.29 is 9.00 Å². The van der Waals surface area contributed by atoms with E-state index in [0.29, 0.717) is 5.75 Å². The third kappa shape index (κ3) is 2.02. The summed E-state index contributed by atoms with van der Waals surface area (Å²) >= 11 is 0. The number of amides is 2. The molecule has 2 atom stereocenters. The van der Waals surface area contributed by atoms with Gasteiger partial charge in [0.1, 0.15) is 0 Å². The van der Waals surface area contributed by atoms with Crippen LogP contribution >= 0.6 is 0 Å². The lowest BCUT2D eigenvalue weighted by Gasteiger charge is -2.31. The fraction of sp³-hybridized carbons (Fsp3) is 0.875. The van der Waals surface area contributed by atoms with Crippen LogP contribution in [0.5, 0.6) is 0 Å². The average Bonchev–Trinajstić information content (AvgIpc) is 2.31. The largest absolute Gasteiger partial charge is 0.334 e. The summed E-state index contributed by atoms with van der Waals surface area (Å²) in [5.41, 5.74) is 0. The first kappa shape index (κ1) is 8.99. The van der Waals surface area contributed by atoms with Crippen LogP contribution in [0.15, 0.2) is 0 Å². The molecule has 2 aliphatic heterocycles. The van der Waals surface area contributed by atoms with Crippen LogP contribution in [0.2, 0.25) is 0 Å². The van der Waals surface area contributed by atoms with Crippen LogP contribution in [0.1, 0.15) is 12.8 Å². The molecule has 2 amide bonds. The summed E-state index contributed by atoms with van der Waals surface area (Å²) < 4.78 is 11.0. The molecule has 0 aromatic carbocycles. The molecule has 4 nitrogen and oxygen atoms in total. The van der Waals surface area contributed by atoms with E-state index < -0.39 is 10.8 Å². The molecule has 0 bridgehead atoms. The van der Waals surface area contributed by atoms with Gasteiger partial charge in [-0.05, 0) is 12.8 Å². The predicted octanol–water partition coefficient (Wildman–Crippen LogP) is -0.0773. The van der Waals surface area contributed by atoms with Crippen LogP contribution < -0.4 is 5.32 Å². The highest BCUT2D eigenvalue weighted by Gasteiger charge is 2.26. The van der Waals surface area contributed by atoms with E-state index in [1.54, 1.807) is 4.90 Å². The zero-order valence-electron chi connectivity index (χ0n) is 7.49. The van der Waals surface area contributed by atoms with E-state index in [-0.39, 0.29) is 12.1 Å². The number of hydrogen-bond donors (Lipinski definition) is 1. The molecule has 0 aromatic heterocycles. The van der Waals surface area contributed by atoms with Crippen molar-refractivity contribution in [2.45, 2.75) is 18.9 Å². The molecule has 13 heavy (non-hydrogen) atoms. The SMILES string of the molecule is O=C(NC1CCS(=O)C1)N1CCC1. The molecule has 74 valence electrons. The number of carbonyl (C=O) groups excluding carboxylic acids is 1. The highest BCUT2D eigenvalue weighted by molar-refractivity contribution is 7.85. The second-order valence-corrected chi connectivity index (χ2v) is 5.21. The maximum Gasteiger partial charge on any atom is 0.317 e. The van der Waals surface area contributed by atoms with E-state index >= 15 is 0 Å². The Morgan fingerprint density at radius 3 is 2.69 bits per heavy atom. The molecule has 2 rings (SSSR count). The molecule has 0 radical (unpaired) electrons. The monoisotopic (exact) mass is 202 g/mol. The third-order valence-electron chi connectivity index (χ3n) is 2.55. The molecule has 2 saturated heterocycles. The summed E-state index contributed by atoms with van der Waals surface area (Å²) in [6.45, 7) is 1.75. The van der Waals surface area contributed by atoms with Crippen molar-refractivity contribution in [3.8, 4) is 0 Å². The lowest BCUT2D eigenvalue weighted by atomic mass is 10.2. The summed E-state index contributed by atoms with van der Waals surface area (Å²) in [7, 11) is -0.700. The molecular weight excluding hydrogens is 188 g/mol. The van der Waals surface area contributed by atoms with Crippen molar-refractivity contribution in [3.05, 3.63) is 0 Å². The highest BCUT2D eigenvalue weighted by atomic mass is 32.2. The van der Waals surface area contributed by atoms with Gasteiger partial charge in [-0.25, -0.2) is 4.79 Å². The Morgan fingerprint density at radius 1 is 1.46 bits per heavy atom. The standard InChI is InChI=1S/C8H14N2O2S/c11-8(10-3-1-4-10)9-7-2-5-13(12)6-7/h7H,1-6H2,(H,9,11). The maximum absolute atomic E-state index is 11.4. The van der Waals surface area contributed by atoms with E-state index in [1.165, 1.54) is 0 Å². The molecule has 1 N–H and O–H groups in total. The van der Waals surface area contributed by atoms with E-state index in [0.717, 1.165) is 31.7 Å². The smallest absolute Gasteiger partial charge is 0.317 e. The van der Waals surface area contributed by atoms with Gasteiger partial charge in [-0.3, -0.25) is 4.21 Å². The number of rotatable bonds is 1. The van der Waals surface area contributed by atoms with Crippen LogP contribution in [-0.2, 0) is 10.8 Å². The Hall–Kier alpha value is -0.580. The number of nitrogens with zero attached hydrogens (tertiary/aromatic N) is 1. The fourth-order valence-electron chi connectivity index (χ4n) is 1.56. The Labute approximate surface area is 80.1 Å². The second-order valence-electron chi connectivity index (χ2n) is 3.59. The van der Waals surface area contributed by atoms with E-state index in [2.05, 4.69) is 5.32 Å². The Balaban J connectivity index is 1.77. The zero-order chi connectivity index (χ0) is 9.26. The zero-order valence-corrected chi connectivity index (χ0v) is 8.31. The van der Waals surface area contributed by atoms with Gasteiger partial charge in [0.2, 0.25) is 0 Å². The van der Waals surface area contributed by atoms with Crippen LogP contribution in [0.25, 0.3) is 0 Å². The van der Waals surface area contributed by atoms with Gasteiger partial charge in [-0.1, -0.05) is 0 Å². The van der Waals surface area contributed by atoms with E-state index in [9.17, 15) is 9.00 Å². The fourth-order valence-corrected chi connectivity index (χ4v) is 2.98. The number of carbonyl (C=O) groups is 1. The lowest BCUT2D eigenvalue weighted by Crippen LogP contribution is -2.50. The summed E-state index contributed by atoms with van der Waals surface area (Å²) in [6, 6.07) is 0.170. The van der Waals surface area contributed by atoms with Gasteiger partial charge in [-0.15, -0.1) is 0 Å². The van der Waals surface area contributed by atoms with Gasteiger partial charge in [0.15, 0.2) is 0 Å². The summed E-state index contributed by atoms with van der Waals surface area (Å²) in [6.07, 6.45) is 1.98. The van der Waals surface area contributed by atoms with Gasteiger partial charge in [0, 0.05) is 41.4 Å². The summed E-state index contributed by atoms with van der Waals surface area (Å²) in [4.78, 5) is 13.2. The van der Waals surface area contributed by atoms with Crippen LogP contribution in [0.4, 0.5) is 4.79 Å². The molecule has 2 aliphatic rings. The second kappa shape index (κ2) is 3.65. The van der Waals surface area contributed by atoms with Crippen molar-refractivity contribution in [2.75, 3.05) is 24.6 Å². The first-order valence-corrected chi connectivity index (χ1v) is 6.15. The minimum Gasteiger partial charge on any atom is -0.334 e.